The number of hydrogen-bond donors (Lipinski definition) is 1. The number of carboxylic acid groups (broad SMARTS) is 1. The molecule has 5 nitrogen and oxygen atoms in total. The van der Waals surface area contributed by atoms with E-state index in [1.807, 2.05) is 0 Å². The van der Waals surface area contributed by atoms with Gasteiger partial charge in [-0.15, -0.1) is 0 Å². The van der Waals surface area contributed by atoms with E-state index < -0.39 is 35.4 Å². The molecular weight excluding hydrogens is 375 g/mol. The van der Waals surface area contributed by atoms with Gasteiger partial charge in [0.25, 0.3) is 0 Å². The van der Waals surface area contributed by atoms with Gasteiger partial charge >= 0.3 is 11.9 Å². The lowest BCUT2D eigenvalue weighted by molar-refractivity contribution is -0.0246. The van der Waals surface area contributed by atoms with Crippen LogP contribution in [0.1, 0.15) is 44.9 Å². The zero-order valence-corrected chi connectivity index (χ0v) is 15.4. The van der Waals surface area contributed by atoms with Crippen LogP contribution in [0, 0.1) is 6.92 Å². The van der Waals surface area contributed by atoms with E-state index in [4.69, 9.17) is 21.1 Å². The number of ether oxygens (including phenoxy) is 2. The SMILES string of the molecule is Cc1c(C(=O)O)cccc1[C@H]1O[C@H](Cl)[C@](C)(F)[C@@H]1OC(=O)c1ccccc1. The van der Waals surface area contributed by atoms with Gasteiger partial charge in [0, 0.05) is 0 Å². The summed E-state index contributed by atoms with van der Waals surface area (Å²) in [7, 11) is 0. The fourth-order valence-corrected chi connectivity index (χ4v) is 3.36. The molecule has 1 fully saturated rings. The van der Waals surface area contributed by atoms with Gasteiger partial charge in [0.05, 0.1) is 11.1 Å². The van der Waals surface area contributed by atoms with Gasteiger partial charge in [-0.2, -0.15) is 0 Å². The highest BCUT2D eigenvalue weighted by molar-refractivity contribution is 6.20. The number of alkyl halides is 2. The molecule has 27 heavy (non-hydrogen) atoms. The Bertz CT molecular complexity index is 868. The van der Waals surface area contributed by atoms with Crippen molar-refractivity contribution >= 4 is 23.5 Å². The summed E-state index contributed by atoms with van der Waals surface area (Å²) in [5.74, 6) is -1.83. The van der Waals surface area contributed by atoms with Crippen molar-refractivity contribution in [2.45, 2.75) is 37.3 Å². The molecule has 1 aliphatic rings. The van der Waals surface area contributed by atoms with Crippen molar-refractivity contribution < 1.29 is 28.6 Å². The van der Waals surface area contributed by atoms with E-state index in [0.29, 0.717) is 11.1 Å². The molecular formula is C20H18ClFO5. The highest BCUT2D eigenvalue weighted by Gasteiger charge is 2.57. The van der Waals surface area contributed by atoms with Crippen molar-refractivity contribution in [3.63, 3.8) is 0 Å². The predicted molar refractivity (Wildman–Crippen MR) is 96.8 cm³/mol. The van der Waals surface area contributed by atoms with Crippen molar-refractivity contribution in [1.29, 1.82) is 0 Å². The normalized spacial score (nSPS) is 27.3. The standard InChI is InChI=1S/C20H18ClFO5/c1-11-13(9-6-10-14(11)17(23)24)15-16(20(2,22)19(21)26-15)27-18(25)12-7-4-3-5-8-12/h3-10,15-16,19H,1-2H3,(H,23,24)/t15-,16-,19+,20-/m1/s1. The van der Waals surface area contributed by atoms with Crippen LogP contribution in [0.5, 0.6) is 0 Å². The van der Waals surface area contributed by atoms with Gasteiger partial charge < -0.3 is 14.6 Å². The summed E-state index contributed by atoms with van der Waals surface area (Å²) in [5, 5.41) is 9.32. The van der Waals surface area contributed by atoms with Crippen LogP contribution in [0.15, 0.2) is 48.5 Å². The summed E-state index contributed by atoms with van der Waals surface area (Å²) in [6, 6.07) is 12.8. The van der Waals surface area contributed by atoms with Gasteiger partial charge in [-0.05, 0) is 43.2 Å². The number of carboxylic acids is 1. The molecule has 2 aromatic carbocycles. The van der Waals surface area contributed by atoms with Gasteiger partial charge in [0.15, 0.2) is 17.3 Å². The Morgan fingerprint density at radius 1 is 1.19 bits per heavy atom. The number of hydrogen-bond acceptors (Lipinski definition) is 4. The molecule has 1 N–H and O–H groups in total. The third-order valence-electron chi connectivity index (χ3n) is 4.70. The van der Waals surface area contributed by atoms with Crippen LogP contribution < -0.4 is 0 Å². The van der Waals surface area contributed by atoms with Crippen LogP contribution in [-0.2, 0) is 9.47 Å². The first-order chi connectivity index (χ1) is 12.7. The molecule has 2 aromatic rings. The molecule has 0 radical (unpaired) electrons. The average Bonchev–Trinajstić information content (AvgIpc) is 2.85. The molecule has 0 amide bonds. The summed E-state index contributed by atoms with van der Waals surface area (Å²) >= 11 is 6.02. The topological polar surface area (TPSA) is 72.8 Å². The first kappa shape index (κ1) is 19.3. The molecule has 4 atom stereocenters. The second kappa shape index (κ2) is 7.29. The van der Waals surface area contributed by atoms with Crippen LogP contribution in [0.2, 0.25) is 0 Å². The average molecular weight is 393 g/mol. The number of carbonyl (C=O) groups is 2. The van der Waals surface area contributed by atoms with Gasteiger partial charge in [0.1, 0.15) is 6.10 Å². The number of halogens is 2. The lowest BCUT2D eigenvalue weighted by Crippen LogP contribution is -2.41. The van der Waals surface area contributed by atoms with E-state index in [9.17, 15) is 14.7 Å². The number of carbonyl (C=O) groups excluding carboxylic acids is 1. The highest BCUT2D eigenvalue weighted by Crippen LogP contribution is 2.47. The Hall–Kier alpha value is -2.44. The van der Waals surface area contributed by atoms with Gasteiger partial charge in [-0.25, -0.2) is 14.0 Å². The molecule has 0 saturated carbocycles. The molecule has 0 aliphatic carbocycles. The second-order valence-electron chi connectivity index (χ2n) is 6.54. The van der Waals surface area contributed by atoms with Crippen molar-refractivity contribution in [3.8, 4) is 0 Å². The van der Waals surface area contributed by atoms with Crippen LogP contribution in [0.25, 0.3) is 0 Å². The maximum Gasteiger partial charge on any atom is 0.338 e. The van der Waals surface area contributed by atoms with Gasteiger partial charge in [-0.3, -0.25) is 0 Å². The van der Waals surface area contributed by atoms with Crippen molar-refractivity contribution in [3.05, 3.63) is 70.8 Å². The Morgan fingerprint density at radius 3 is 2.48 bits per heavy atom. The summed E-state index contributed by atoms with van der Waals surface area (Å²) in [4.78, 5) is 23.8. The minimum atomic E-state index is -2.16. The van der Waals surface area contributed by atoms with Crippen molar-refractivity contribution in [2.24, 2.45) is 0 Å². The highest BCUT2D eigenvalue weighted by atomic mass is 35.5. The Labute approximate surface area is 160 Å². The fourth-order valence-electron chi connectivity index (χ4n) is 3.12. The monoisotopic (exact) mass is 392 g/mol. The van der Waals surface area contributed by atoms with E-state index in [-0.39, 0.29) is 11.1 Å². The minimum absolute atomic E-state index is 0.0582. The fraction of sp³-hybridized carbons (Fsp3) is 0.300. The maximum absolute atomic E-state index is 15.2. The predicted octanol–water partition coefficient (Wildman–Crippen LogP) is 4.28. The molecule has 0 unspecified atom stereocenters. The van der Waals surface area contributed by atoms with E-state index in [0.717, 1.165) is 0 Å². The van der Waals surface area contributed by atoms with E-state index >= 15 is 4.39 Å². The third-order valence-corrected chi connectivity index (χ3v) is 5.23. The maximum atomic E-state index is 15.2. The molecule has 0 spiro atoms. The number of aromatic carboxylic acids is 1. The van der Waals surface area contributed by atoms with Crippen molar-refractivity contribution in [1.82, 2.24) is 0 Å². The number of benzene rings is 2. The lowest BCUT2D eigenvalue weighted by atomic mass is 9.91. The number of esters is 1. The zero-order chi connectivity index (χ0) is 19.8. The molecule has 1 saturated heterocycles. The van der Waals surface area contributed by atoms with Gasteiger partial charge in [0.2, 0.25) is 0 Å². The molecule has 142 valence electrons. The van der Waals surface area contributed by atoms with Crippen LogP contribution >= 0.6 is 11.6 Å². The summed E-state index contributed by atoms with van der Waals surface area (Å²) < 4.78 is 26.2. The third kappa shape index (κ3) is 3.55. The molecule has 1 aliphatic heterocycles. The zero-order valence-electron chi connectivity index (χ0n) is 14.7. The molecule has 0 bridgehead atoms. The molecule has 0 aromatic heterocycles. The minimum Gasteiger partial charge on any atom is -0.478 e. The Balaban J connectivity index is 1.98. The number of rotatable bonds is 4. The lowest BCUT2D eigenvalue weighted by Gasteiger charge is -2.26. The van der Waals surface area contributed by atoms with Crippen LogP contribution in [0.3, 0.4) is 0 Å². The quantitative estimate of drug-likeness (QED) is 0.621. The van der Waals surface area contributed by atoms with Crippen LogP contribution in [-0.4, -0.2) is 34.4 Å². The summed E-state index contributed by atoms with van der Waals surface area (Å²) in [5.41, 5.74) is -2.39. The molecule has 3 rings (SSSR count). The first-order valence-corrected chi connectivity index (χ1v) is 8.74. The van der Waals surface area contributed by atoms with E-state index in [1.165, 1.54) is 19.1 Å². The van der Waals surface area contributed by atoms with Crippen molar-refractivity contribution in [2.75, 3.05) is 0 Å². The summed E-state index contributed by atoms with van der Waals surface area (Å²) in [6.45, 7) is 2.79. The largest absolute Gasteiger partial charge is 0.478 e. The molecule has 1 heterocycles. The summed E-state index contributed by atoms with van der Waals surface area (Å²) in [6.07, 6.45) is -2.37. The molecule has 7 heteroatoms. The second-order valence-corrected chi connectivity index (χ2v) is 6.94. The first-order valence-electron chi connectivity index (χ1n) is 8.30. The van der Waals surface area contributed by atoms with Crippen LogP contribution in [0.4, 0.5) is 4.39 Å². The Kier molecular flexibility index (Phi) is 5.22. The Morgan fingerprint density at radius 2 is 1.85 bits per heavy atom. The van der Waals surface area contributed by atoms with Gasteiger partial charge in [-0.1, -0.05) is 41.9 Å². The van der Waals surface area contributed by atoms with E-state index in [1.54, 1.807) is 43.3 Å². The van der Waals surface area contributed by atoms with E-state index in [2.05, 4.69) is 0 Å². The smallest absolute Gasteiger partial charge is 0.338 e.